The maximum Gasteiger partial charge on any atom is 0.142 e. The van der Waals surface area contributed by atoms with Crippen LogP contribution < -0.4 is 11.5 Å². The number of aldehydes is 1. The van der Waals surface area contributed by atoms with E-state index in [0.717, 1.165) is 24.2 Å². The van der Waals surface area contributed by atoms with E-state index in [4.69, 9.17) is 16.3 Å². The molecule has 1 unspecified atom stereocenters. The molecule has 150 valence electrons. The number of nitrogens with zero attached hydrogens (tertiary/aromatic N) is 1. The van der Waals surface area contributed by atoms with Crippen molar-refractivity contribution >= 4 is 23.9 Å². The van der Waals surface area contributed by atoms with Crippen LogP contribution in [0, 0.1) is 6.92 Å². The van der Waals surface area contributed by atoms with Gasteiger partial charge in [0.25, 0.3) is 0 Å². The maximum atomic E-state index is 9.97. The number of phenolic OH excluding ortho intramolecular Hbond substituents is 1. The van der Waals surface area contributed by atoms with E-state index >= 15 is 0 Å². The monoisotopic (exact) mass is 382 g/mol. The molecule has 0 amide bonds. The number of likely N-dealkylation sites (N-methyl/N-ethyl adjacent to an activating group) is 1. The van der Waals surface area contributed by atoms with Crippen molar-refractivity contribution in [3.8, 4) is 5.75 Å². The number of likely N-dealkylation sites (tertiary alicyclic amines) is 1. The molecule has 3 rings (SSSR count). The molecule has 1 aliphatic rings. The Morgan fingerprint density at radius 3 is 2.68 bits per heavy atom. The summed E-state index contributed by atoms with van der Waals surface area (Å²) in [5.41, 5.74) is 16.8. The lowest BCUT2D eigenvalue weighted by Crippen LogP contribution is -2.31. The Morgan fingerprint density at radius 2 is 2.07 bits per heavy atom. The van der Waals surface area contributed by atoms with Gasteiger partial charge in [-0.1, -0.05) is 18.7 Å². The highest BCUT2D eigenvalue weighted by Gasteiger charge is 2.24. The molecule has 0 aliphatic carbocycles. The van der Waals surface area contributed by atoms with Crippen LogP contribution in [0.2, 0.25) is 0 Å². The van der Waals surface area contributed by atoms with Crippen molar-refractivity contribution in [3.05, 3.63) is 59.3 Å². The molecule has 1 atom stereocenters. The van der Waals surface area contributed by atoms with Crippen LogP contribution in [0.25, 0.3) is 11.8 Å². The minimum absolute atomic E-state index is 0.173. The molecule has 1 aliphatic heterocycles. The van der Waals surface area contributed by atoms with Crippen molar-refractivity contribution in [2.45, 2.75) is 25.7 Å². The third-order valence-corrected chi connectivity index (χ3v) is 5.01. The van der Waals surface area contributed by atoms with Crippen LogP contribution in [0.4, 0.5) is 5.82 Å². The molecule has 6 nitrogen and oxygen atoms in total. The van der Waals surface area contributed by atoms with E-state index in [1.54, 1.807) is 18.2 Å². The number of nitrogens with one attached hydrogen (secondary N) is 1. The molecule has 0 spiro atoms. The zero-order chi connectivity index (χ0) is 20.7. The van der Waals surface area contributed by atoms with Crippen molar-refractivity contribution in [2.24, 2.45) is 5.73 Å². The first-order valence-electron chi connectivity index (χ1n) is 9.37. The molecule has 28 heavy (non-hydrogen) atoms. The Hall–Kier alpha value is -2.99. The minimum atomic E-state index is 0.173. The number of allylic oxidation sites excluding steroid dienone is 1. The van der Waals surface area contributed by atoms with Crippen molar-refractivity contribution in [1.29, 1.82) is 0 Å². The molecule has 1 aromatic carbocycles. The molecule has 1 saturated heterocycles. The highest BCUT2D eigenvalue weighted by Crippen LogP contribution is 2.34. The number of nitrogen functional groups attached to an aromatic ring is 1. The van der Waals surface area contributed by atoms with E-state index in [2.05, 4.69) is 30.4 Å². The first-order chi connectivity index (χ1) is 13.4. The Kier molecular flexibility index (Phi) is 7.46. The van der Waals surface area contributed by atoms with Gasteiger partial charge in [-0.05, 0) is 63.2 Å². The number of H-pyrrole nitrogens is 1. The summed E-state index contributed by atoms with van der Waals surface area (Å²) in [5, 5.41) is 9.97. The summed E-state index contributed by atoms with van der Waals surface area (Å²) in [6.45, 7) is 7.39. The topological polar surface area (TPSA) is 108 Å². The van der Waals surface area contributed by atoms with Gasteiger partial charge < -0.3 is 26.5 Å². The summed E-state index contributed by atoms with van der Waals surface area (Å²) in [5.74, 6) is 1.28. The number of hydrogen-bond donors (Lipinski definition) is 4. The van der Waals surface area contributed by atoms with Crippen LogP contribution in [-0.4, -0.2) is 41.4 Å². The largest absolute Gasteiger partial charge is 0.507 e. The molecule has 6 N–H and O–H groups in total. The highest BCUT2D eigenvalue weighted by molar-refractivity contribution is 5.85. The fourth-order valence-electron chi connectivity index (χ4n) is 3.60. The molecular formula is C22H30N4O2. The molecule has 6 heteroatoms. The van der Waals surface area contributed by atoms with Gasteiger partial charge in [-0.15, -0.1) is 0 Å². The Labute approximate surface area is 166 Å². The molecule has 2 heterocycles. The van der Waals surface area contributed by atoms with Crippen molar-refractivity contribution in [2.75, 3.05) is 25.9 Å². The van der Waals surface area contributed by atoms with E-state index in [1.807, 2.05) is 12.1 Å². The average molecular weight is 383 g/mol. The lowest BCUT2D eigenvalue weighted by atomic mass is 9.92. The second-order valence-electron chi connectivity index (χ2n) is 7.08. The molecule has 1 fully saturated rings. The zero-order valence-corrected chi connectivity index (χ0v) is 16.6. The maximum absolute atomic E-state index is 9.97. The number of aromatic amines is 1. The number of benzene rings is 1. The number of aromatic hydroxyl groups is 1. The number of hydrogen-bond acceptors (Lipinski definition) is 5. The van der Waals surface area contributed by atoms with Crippen molar-refractivity contribution in [1.82, 2.24) is 9.88 Å². The molecule has 2 aromatic rings. The zero-order valence-electron chi connectivity index (χ0n) is 16.6. The second-order valence-corrected chi connectivity index (χ2v) is 7.08. The summed E-state index contributed by atoms with van der Waals surface area (Å²) < 4.78 is 0. The van der Waals surface area contributed by atoms with Gasteiger partial charge in [-0.2, -0.15) is 0 Å². The fourth-order valence-corrected chi connectivity index (χ4v) is 3.60. The number of carbonyl (C=O) groups is 1. The standard InChI is InChI=1S/C19H26N4O.C3H4O/c1-12-15(10-16(20)14-7-3-4-8-17(14)24)19(21)22-18(12)13-6-5-9-23(2)11-13;1-2-3-4/h3-4,7-8,10,13,22,24H,5-6,9,11,20-21H2,1-2H3;2-3H,1H2/b16-10-;. The van der Waals surface area contributed by atoms with E-state index < -0.39 is 0 Å². The van der Waals surface area contributed by atoms with Crippen LogP contribution in [0.1, 0.15) is 41.1 Å². The van der Waals surface area contributed by atoms with Crippen LogP contribution >= 0.6 is 0 Å². The van der Waals surface area contributed by atoms with Gasteiger partial charge in [-0.25, -0.2) is 0 Å². The van der Waals surface area contributed by atoms with E-state index in [0.29, 0.717) is 29.3 Å². The first kappa shape index (κ1) is 21.3. The summed E-state index contributed by atoms with van der Waals surface area (Å²) in [7, 11) is 2.16. The predicted molar refractivity (Wildman–Crippen MR) is 116 cm³/mol. The quantitative estimate of drug-likeness (QED) is 0.479. The van der Waals surface area contributed by atoms with Gasteiger partial charge in [0.15, 0.2) is 0 Å². The summed E-state index contributed by atoms with van der Waals surface area (Å²) in [6.07, 6.45) is 6.06. The second kappa shape index (κ2) is 9.80. The Morgan fingerprint density at radius 1 is 1.39 bits per heavy atom. The number of rotatable bonds is 4. The number of anilines is 1. The van der Waals surface area contributed by atoms with Crippen LogP contribution in [0.5, 0.6) is 5.75 Å². The third kappa shape index (κ3) is 5.04. The highest BCUT2D eigenvalue weighted by atomic mass is 16.3. The number of piperidine rings is 1. The number of nitrogens with two attached hydrogens (primary N) is 2. The molecule has 1 aromatic heterocycles. The smallest absolute Gasteiger partial charge is 0.142 e. The van der Waals surface area contributed by atoms with Gasteiger partial charge in [-0.3, -0.25) is 4.79 Å². The normalized spacial score (nSPS) is 17.5. The average Bonchev–Trinajstić information content (AvgIpc) is 2.96. The molecular weight excluding hydrogens is 352 g/mol. The Bertz CT molecular complexity index is 848. The van der Waals surface area contributed by atoms with Crippen molar-refractivity contribution < 1.29 is 9.90 Å². The summed E-state index contributed by atoms with van der Waals surface area (Å²) in [6, 6.07) is 7.06. The summed E-state index contributed by atoms with van der Waals surface area (Å²) in [4.78, 5) is 14.8. The lowest BCUT2D eigenvalue weighted by molar-refractivity contribution is -0.104. The van der Waals surface area contributed by atoms with E-state index in [-0.39, 0.29) is 5.75 Å². The van der Waals surface area contributed by atoms with Crippen LogP contribution in [0.15, 0.2) is 36.9 Å². The minimum Gasteiger partial charge on any atom is -0.507 e. The van der Waals surface area contributed by atoms with Gasteiger partial charge in [0.1, 0.15) is 17.9 Å². The van der Waals surface area contributed by atoms with Gasteiger partial charge >= 0.3 is 0 Å². The van der Waals surface area contributed by atoms with E-state index in [9.17, 15) is 5.11 Å². The predicted octanol–water partition coefficient (Wildman–Crippen LogP) is 3.25. The summed E-state index contributed by atoms with van der Waals surface area (Å²) >= 11 is 0. The lowest BCUT2D eigenvalue weighted by Gasteiger charge is -2.29. The number of carbonyl (C=O) groups excluding carboxylic acids is 1. The SMILES string of the molecule is C=CC=O.Cc1c(C2CCCN(C)C2)[nH]c(N)c1/C=C(\N)c1ccccc1O. The third-order valence-electron chi connectivity index (χ3n) is 5.01. The van der Waals surface area contributed by atoms with Crippen LogP contribution in [0.3, 0.4) is 0 Å². The molecule has 0 saturated carbocycles. The number of phenols is 1. The Balaban J connectivity index is 0.000000640. The first-order valence-corrected chi connectivity index (χ1v) is 9.37. The van der Waals surface area contributed by atoms with Crippen molar-refractivity contribution in [3.63, 3.8) is 0 Å². The van der Waals surface area contributed by atoms with Gasteiger partial charge in [0.05, 0.1) is 0 Å². The van der Waals surface area contributed by atoms with E-state index in [1.165, 1.54) is 24.6 Å². The fraction of sp³-hybridized carbons (Fsp3) is 0.318. The molecule has 0 radical (unpaired) electrons. The molecule has 0 bridgehead atoms. The number of aromatic nitrogens is 1. The van der Waals surface area contributed by atoms with Gasteiger partial charge in [0.2, 0.25) is 0 Å². The van der Waals surface area contributed by atoms with Crippen LogP contribution in [-0.2, 0) is 4.79 Å². The number of para-hydroxylation sites is 1. The van der Waals surface area contributed by atoms with Gasteiger partial charge in [0, 0.05) is 35.0 Å².